The molecule has 55 heavy (non-hydrogen) atoms. The lowest BCUT2D eigenvalue weighted by molar-refractivity contribution is -0.118. The average molecular weight is 770 g/mol. The molecule has 3 aromatic carbocycles. The van der Waals surface area contributed by atoms with Crippen molar-refractivity contribution in [3.8, 4) is 11.5 Å². The van der Waals surface area contributed by atoms with E-state index in [2.05, 4.69) is 20.3 Å². The molecule has 0 aliphatic carbocycles. The topological polar surface area (TPSA) is 170 Å². The molecule has 292 valence electrons. The van der Waals surface area contributed by atoms with Crippen LogP contribution in [0.1, 0.15) is 57.0 Å². The number of nitrogens with one attached hydrogen (secondary N) is 2. The van der Waals surface area contributed by atoms with E-state index in [4.69, 9.17) is 18.9 Å². The van der Waals surface area contributed by atoms with Crippen LogP contribution in [0.15, 0.2) is 90.0 Å². The largest absolute Gasteiger partial charge is 0.497 e. The molecule has 13 nitrogen and oxygen atoms in total. The first-order valence-electron chi connectivity index (χ1n) is 18.4. The molecule has 1 amide bonds. The maximum atomic E-state index is 13.2. The van der Waals surface area contributed by atoms with E-state index in [0.29, 0.717) is 17.9 Å². The molecule has 4 atom stereocenters. The van der Waals surface area contributed by atoms with Gasteiger partial charge in [-0.05, 0) is 65.5 Å². The molecule has 3 heterocycles. The number of carbonyl (C=O) groups is 1. The molecule has 1 unspecified atom stereocenters. The van der Waals surface area contributed by atoms with Crippen LogP contribution in [0.2, 0.25) is 18.1 Å². The number of hydrogen-bond donors (Lipinski definition) is 4. The molecule has 2 aromatic heterocycles. The van der Waals surface area contributed by atoms with E-state index in [-0.39, 0.29) is 35.5 Å². The lowest BCUT2D eigenvalue weighted by Gasteiger charge is -2.39. The first-order valence-corrected chi connectivity index (χ1v) is 21.4. The van der Waals surface area contributed by atoms with E-state index in [1.54, 1.807) is 32.6 Å². The van der Waals surface area contributed by atoms with Gasteiger partial charge < -0.3 is 28.8 Å². The van der Waals surface area contributed by atoms with E-state index in [1.807, 2.05) is 106 Å². The van der Waals surface area contributed by atoms with E-state index >= 15 is 0 Å². The van der Waals surface area contributed by atoms with Crippen molar-refractivity contribution in [1.82, 2.24) is 19.5 Å². The third-order valence-corrected chi connectivity index (χ3v) is 14.5. The highest BCUT2D eigenvalue weighted by molar-refractivity contribution is 6.72. The van der Waals surface area contributed by atoms with Gasteiger partial charge in [-0.25, -0.2) is 4.98 Å². The number of amides is 1. The van der Waals surface area contributed by atoms with Crippen molar-refractivity contribution >= 4 is 31.3 Å². The molecule has 1 aliphatic heterocycles. The third kappa shape index (κ3) is 7.82. The van der Waals surface area contributed by atoms with Crippen LogP contribution in [-0.2, 0) is 19.9 Å². The van der Waals surface area contributed by atoms with Crippen LogP contribution in [-0.4, -0.2) is 76.7 Å². The smallest absolute Gasteiger partial charge is 0.280 e. The molecule has 0 radical (unpaired) electrons. The highest BCUT2D eigenvalue weighted by Gasteiger charge is 2.51. The second-order valence-corrected chi connectivity index (χ2v) is 20.0. The Hall–Kier alpha value is -4.86. The number of aromatic nitrogens is 4. The number of anilines is 1. The molecular formula is C41H51N5O8Si. The fourth-order valence-electron chi connectivity index (χ4n) is 6.99. The standard InChI is InChI=1S/C41H51N5O8Si/c1-25(2)36(48)44-39-43-35-33(37(49)45-39)42-24-46(35)38-31(22-40(3,4)55(7,8)50)34(47)32(54-38)23-53-41(26-12-10-9-11-13-26,27-14-18-29(51-5)19-15-27)28-16-20-30(52-6)21-17-28/h9-21,24-25,31-32,34,38,47,50H,22-23H2,1-8H3,(H2,43,44,45,48,49)/t31-,32+,34?,38+/m0/s1. The lowest BCUT2D eigenvalue weighted by Crippen LogP contribution is -2.43. The Balaban J connectivity index is 1.44. The van der Waals surface area contributed by atoms with Crippen LogP contribution in [0.3, 0.4) is 0 Å². The van der Waals surface area contributed by atoms with Gasteiger partial charge in [-0.15, -0.1) is 0 Å². The highest BCUT2D eigenvalue weighted by atomic mass is 28.4. The molecule has 0 saturated carbocycles. The predicted octanol–water partition coefficient (Wildman–Crippen LogP) is 5.98. The molecule has 4 N–H and O–H groups in total. The Kier molecular flexibility index (Phi) is 11.4. The molecule has 1 fully saturated rings. The monoisotopic (exact) mass is 769 g/mol. The van der Waals surface area contributed by atoms with Crippen molar-refractivity contribution in [3.05, 3.63) is 112 Å². The molecule has 0 spiro atoms. The van der Waals surface area contributed by atoms with Gasteiger partial charge in [-0.3, -0.25) is 24.5 Å². The maximum Gasteiger partial charge on any atom is 0.280 e. The van der Waals surface area contributed by atoms with Gasteiger partial charge >= 0.3 is 0 Å². The van der Waals surface area contributed by atoms with Gasteiger partial charge in [0.1, 0.15) is 29.4 Å². The second-order valence-electron chi connectivity index (χ2n) is 15.6. The number of imidazole rings is 1. The minimum atomic E-state index is -2.78. The Labute approximate surface area is 321 Å². The summed E-state index contributed by atoms with van der Waals surface area (Å²) in [5, 5.41) is 14.4. The molecular weight excluding hydrogens is 719 g/mol. The number of aliphatic hydroxyl groups is 1. The predicted molar refractivity (Wildman–Crippen MR) is 212 cm³/mol. The summed E-state index contributed by atoms with van der Waals surface area (Å²) < 4.78 is 26.5. The van der Waals surface area contributed by atoms with Crippen molar-refractivity contribution < 1.29 is 33.6 Å². The number of hydrogen-bond acceptors (Lipinski definition) is 10. The molecule has 0 bridgehead atoms. The van der Waals surface area contributed by atoms with Gasteiger partial charge in [0.05, 0.1) is 33.3 Å². The van der Waals surface area contributed by atoms with E-state index in [1.165, 1.54) is 6.33 Å². The zero-order valence-corrected chi connectivity index (χ0v) is 33.6. The number of methoxy groups -OCH3 is 2. The number of ether oxygens (including phenoxy) is 4. The molecule has 6 rings (SSSR count). The van der Waals surface area contributed by atoms with Gasteiger partial charge in [0.2, 0.25) is 11.9 Å². The van der Waals surface area contributed by atoms with Crippen molar-refractivity contribution in [2.24, 2.45) is 11.8 Å². The number of aliphatic hydroxyl groups excluding tert-OH is 1. The molecule has 1 aliphatic rings. The fraction of sp³-hybridized carbons (Fsp3) is 0.415. The van der Waals surface area contributed by atoms with Gasteiger partial charge in [0, 0.05) is 11.8 Å². The number of carbonyl (C=O) groups excluding carboxylic acids is 1. The highest BCUT2D eigenvalue weighted by Crippen LogP contribution is 2.50. The van der Waals surface area contributed by atoms with Crippen LogP contribution in [0.5, 0.6) is 11.5 Å². The van der Waals surface area contributed by atoms with Crippen molar-refractivity contribution in [2.45, 2.75) is 76.3 Å². The van der Waals surface area contributed by atoms with Gasteiger partial charge in [-0.1, -0.05) is 82.3 Å². The third-order valence-electron chi connectivity index (χ3n) is 11.0. The van der Waals surface area contributed by atoms with E-state index < -0.39 is 48.9 Å². The number of aromatic amines is 1. The normalized spacial score (nSPS) is 19.2. The first kappa shape index (κ1) is 39.8. The summed E-state index contributed by atoms with van der Waals surface area (Å²) in [5.41, 5.74) is 1.01. The van der Waals surface area contributed by atoms with E-state index in [0.717, 1.165) is 16.7 Å². The van der Waals surface area contributed by atoms with Gasteiger partial charge in [0.15, 0.2) is 19.5 Å². The number of fused-ring (bicyclic) bond motifs is 1. The van der Waals surface area contributed by atoms with Crippen molar-refractivity contribution in [1.29, 1.82) is 0 Å². The maximum absolute atomic E-state index is 13.2. The van der Waals surface area contributed by atoms with E-state index in [9.17, 15) is 19.5 Å². The summed E-state index contributed by atoms with van der Waals surface area (Å²) in [6.45, 7) is 11.2. The Bertz CT molecular complexity index is 2100. The van der Waals surface area contributed by atoms with Crippen LogP contribution in [0.4, 0.5) is 5.95 Å². The minimum Gasteiger partial charge on any atom is -0.497 e. The number of benzene rings is 3. The average Bonchev–Trinajstić information content (AvgIpc) is 3.72. The number of H-pyrrole nitrogens is 1. The Morgan fingerprint density at radius 3 is 2.05 bits per heavy atom. The van der Waals surface area contributed by atoms with Gasteiger partial charge in [0.25, 0.3) is 5.56 Å². The summed E-state index contributed by atoms with van der Waals surface area (Å²) in [4.78, 5) is 48.6. The Morgan fingerprint density at radius 2 is 1.53 bits per heavy atom. The summed E-state index contributed by atoms with van der Waals surface area (Å²) in [7, 11) is 0.454. The Morgan fingerprint density at radius 1 is 0.964 bits per heavy atom. The van der Waals surface area contributed by atoms with Crippen molar-refractivity contribution in [3.63, 3.8) is 0 Å². The zero-order chi connectivity index (χ0) is 39.7. The summed E-state index contributed by atoms with van der Waals surface area (Å²) in [5.74, 6) is 0.0999. The van der Waals surface area contributed by atoms with Crippen LogP contribution < -0.4 is 20.3 Å². The molecule has 1 saturated heterocycles. The fourth-order valence-corrected chi connectivity index (χ4v) is 7.72. The first-order chi connectivity index (χ1) is 26.1. The molecule has 14 heteroatoms. The second kappa shape index (κ2) is 15.7. The van der Waals surface area contributed by atoms with Crippen LogP contribution in [0, 0.1) is 11.8 Å². The van der Waals surface area contributed by atoms with Crippen LogP contribution in [0.25, 0.3) is 11.2 Å². The quantitative estimate of drug-likeness (QED) is 0.0779. The lowest BCUT2D eigenvalue weighted by atomic mass is 9.80. The summed E-state index contributed by atoms with van der Waals surface area (Å²) in [6, 6.07) is 25.2. The summed E-state index contributed by atoms with van der Waals surface area (Å²) in [6.07, 6.45) is -0.952. The van der Waals surface area contributed by atoms with Gasteiger partial charge in [-0.2, -0.15) is 4.98 Å². The SMILES string of the molecule is COc1ccc(C(OC[C@H]2O[C@@H](n3cnc4c(=O)[nH]c(NC(=O)C(C)C)nc43)[C@@H](CC(C)(C)[Si](C)(C)O)C2O)(c2ccccc2)c2ccc(OC)cc2)cc1. The summed E-state index contributed by atoms with van der Waals surface area (Å²) >= 11 is 0. The van der Waals surface area contributed by atoms with Crippen molar-refractivity contribution in [2.75, 3.05) is 26.1 Å². The van der Waals surface area contributed by atoms with Crippen LogP contribution >= 0.6 is 0 Å². The number of nitrogens with zero attached hydrogens (tertiary/aromatic N) is 3. The minimum absolute atomic E-state index is 0.0243. The number of rotatable bonds is 14. The zero-order valence-electron chi connectivity index (χ0n) is 32.6. The molecule has 5 aromatic rings.